The summed E-state index contributed by atoms with van der Waals surface area (Å²) < 4.78 is 32.8. The van der Waals surface area contributed by atoms with E-state index in [0.717, 1.165) is 10.7 Å². The van der Waals surface area contributed by atoms with Crippen LogP contribution in [-0.4, -0.2) is 54.9 Å². The summed E-state index contributed by atoms with van der Waals surface area (Å²) in [5.74, 6) is 0.0928. The third-order valence-electron chi connectivity index (χ3n) is 4.40. The number of thioether (sulfide) groups is 1. The molecule has 1 saturated heterocycles. The molecule has 2 aliphatic rings. The first-order valence-electron chi connectivity index (χ1n) is 8.40. The number of sulfonamides is 1. The molecule has 2 N–H and O–H groups in total. The number of rotatable bonds is 5. The van der Waals surface area contributed by atoms with Gasteiger partial charge in [0.25, 0.3) is 5.91 Å². The van der Waals surface area contributed by atoms with Crippen LogP contribution < -0.4 is 15.4 Å². The quantitative estimate of drug-likeness (QED) is 0.731. The first-order valence-corrected chi connectivity index (χ1v) is 11.4. The molecule has 2 atom stereocenters. The number of halogens is 1. The SMILES string of the molecule is CCC(C)NC(=O)C1CSCN1S(=O)(=O)c1cc2c(cc1Cl)NC(=O)CO2. The van der Waals surface area contributed by atoms with Gasteiger partial charge in [-0.25, -0.2) is 8.42 Å². The van der Waals surface area contributed by atoms with E-state index in [1.165, 1.54) is 23.9 Å². The summed E-state index contributed by atoms with van der Waals surface area (Å²) in [4.78, 5) is 23.8. The predicted molar refractivity (Wildman–Crippen MR) is 104 cm³/mol. The van der Waals surface area contributed by atoms with Crippen LogP contribution in [0.2, 0.25) is 5.02 Å². The van der Waals surface area contributed by atoms with Crippen molar-refractivity contribution in [3.63, 3.8) is 0 Å². The van der Waals surface area contributed by atoms with E-state index in [0.29, 0.717) is 11.4 Å². The van der Waals surface area contributed by atoms with Crippen molar-refractivity contribution in [2.45, 2.75) is 37.2 Å². The number of nitrogens with one attached hydrogen (secondary N) is 2. The lowest BCUT2D eigenvalue weighted by molar-refractivity contribution is -0.124. The monoisotopic (exact) mass is 433 g/mol. The number of carbonyl (C=O) groups is 2. The minimum Gasteiger partial charge on any atom is -0.482 e. The Kier molecular flexibility index (Phi) is 5.90. The molecule has 0 saturated carbocycles. The maximum atomic E-state index is 13.2. The third kappa shape index (κ3) is 4.03. The van der Waals surface area contributed by atoms with E-state index in [-0.39, 0.29) is 46.0 Å². The molecule has 1 aromatic rings. The Balaban J connectivity index is 1.91. The van der Waals surface area contributed by atoms with Gasteiger partial charge in [0.05, 0.1) is 16.6 Å². The molecule has 0 radical (unpaired) electrons. The second-order valence-electron chi connectivity index (χ2n) is 6.34. The number of hydrogen-bond donors (Lipinski definition) is 2. The van der Waals surface area contributed by atoms with Crippen LogP contribution in [0.5, 0.6) is 5.75 Å². The minimum absolute atomic E-state index is 0.0439. The summed E-state index contributed by atoms with van der Waals surface area (Å²) in [6.07, 6.45) is 0.748. The van der Waals surface area contributed by atoms with Crippen molar-refractivity contribution in [1.82, 2.24) is 9.62 Å². The molecule has 2 unspecified atom stereocenters. The van der Waals surface area contributed by atoms with Crippen molar-refractivity contribution < 1.29 is 22.7 Å². The maximum Gasteiger partial charge on any atom is 0.262 e. The topological polar surface area (TPSA) is 105 Å². The van der Waals surface area contributed by atoms with Crippen LogP contribution in [0.4, 0.5) is 5.69 Å². The van der Waals surface area contributed by atoms with E-state index in [1.807, 2.05) is 13.8 Å². The highest BCUT2D eigenvalue weighted by Gasteiger charge is 2.41. The average molecular weight is 434 g/mol. The van der Waals surface area contributed by atoms with E-state index in [1.54, 1.807) is 0 Å². The van der Waals surface area contributed by atoms with Crippen LogP contribution >= 0.6 is 23.4 Å². The van der Waals surface area contributed by atoms with Crippen LogP contribution in [-0.2, 0) is 19.6 Å². The molecule has 11 heteroatoms. The third-order valence-corrected chi connectivity index (χ3v) is 7.89. The fourth-order valence-corrected chi connectivity index (χ4v) is 6.39. The number of ether oxygens (including phenoxy) is 1. The Morgan fingerprint density at radius 3 is 2.96 bits per heavy atom. The fourth-order valence-electron chi connectivity index (χ4n) is 2.72. The van der Waals surface area contributed by atoms with Gasteiger partial charge in [0.1, 0.15) is 16.7 Å². The zero-order valence-electron chi connectivity index (χ0n) is 14.8. The van der Waals surface area contributed by atoms with E-state index >= 15 is 0 Å². The number of nitrogens with zero attached hydrogens (tertiary/aromatic N) is 1. The second kappa shape index (κ2) is 7.86. The molecule has 0 bridgehead atoms. The van der Waals surface area contributed by atoms with Crippen molar-refractivity contribution in [1.29, 1.82) is 0 Å². The average Bonchev–Trinajstić information content (AvgIpc) is 3.11. The molecule has 148 valence electrons. The predicted octanol–water partition coefficient (Wildman–Crippen LogP) is 1.65. The first kappa shape index (κ1) is 20.2. The second-order valence-corrected chi connectivity index (χ2v) is 9.61. The lowest BCUT2D eigenvalue weighted by atomic mass is 10.2. The summed E-state index contributed by atoms with van der Waals surface area (Å²) in [5, 5.41) is 5.37. The van der Waals surface area contributed by atoms with E-state index in [2.05, 4.69) is 10.6 Å². The molecule has 0 aliphatic carbocycles. The summed E-state index contributed by atoms with van der Waals surface area (Å²) in [5.41, 5.74) is 0.317. The number of amides is 2. The lowest BCUT2D eigenvalue weighted by Gasteiger charge is -2.25. The van der Waals surface area contributed by atoms with Gasteiger partial charge in [0, 0.05) is 17.9 Å². The highest BCUT2D eigenvalue weighted by atomic mass is 35.5. The summed E-state index contributed by atoms with van der Waals surface area (Å²) in [6.45, 7) is 3.60. The molecule has 2 amide bonds. The lowest BCUT2D eigenvalue weighted by Crippen LogP contribution is -2.49. The fraction of sp³-hybridized carbons (Fsp3) is 0.500. The van der Waals surface area contributed by atoms with E-state index in [4.69, 9.17) is 16.3 Å². The molecule has 1 fully saturated rings. The number of hydrogen-bond acceptors (Lipinski definition) is 6. The van der Waals surface area contributed by atoms with Gasteiger partial charge in [0.15, 0.2) is 6.61 Å². The molecule has 27 heavy (non-hydrogen) atoms. The van der Waals surface area contributed by atoms with E-state index < -0.39 is 16.1 Å². The first-order chi connectivity index (χ1) is 12.7. The number of carbonyl (C=O) groups excluding carboxylic acids is 2. The van der Waals surface area contributed by atoms with Crippen molar-refractivity contribution in [3.8, 4) is 5.75 Å². The van der Waals surface area contributed by atoms with Crippen molar-refractivity contribution in [2.24, 2.45) is 0 Å². The van der Waals surface area contributed by atoms with Gasteiger partial charge in [-0.15, -0.1) is 11.8 Å². The molecule has 3 rings (SSSR count). The standard InChI is InChI=1S/C16H20ClN3O5S2/c1-3-9(2)18-16(22)12-7-26-8-20(12)27(23,24)14-5-13-11(4-10(14)17)19-15(21)6-25-13/h4-5,9,12H,3,6-8H2,1-2H3,(H,18,22)(H,19,21). The minimum atomic E-state index is -4.03. The summed E-state index contributed by atoms with van der Waals surface area (Å²) in [7, 11) is -4.03. The van der Waals surface area contributed by atoms with Gasteiger partial charge >= 0.3 is 0 Å². The van der Waals surface area contributed by atoms with Gasteiger partial charge in [-0.3, -0.25) is 9.59 Å². The van der Waals surface area contributed by atoms with Gasteiger partial charge in [0.2, 0.25) is 15.9 Å². The smallest absolute Gasteiger partial charge is 0.262 e. The Morgan fingerprint density at radius 1 is 1.52 bits per heavy atom. The largest absolute Gasteiger partial charge is 0.482 e. The molecule has 0 aromatic heterocycles. The molecule has 2 aliphatic heterocycles. The number of benzene rings is 1. The van der Waals surface area contributed by atoms with Crippen LogP contribution in [0.15, 0.2) is 17.0 Å². The molecule has 0 spiro atoms. The van der Waals surface area contributed by atoms with Gasteiger partial charge in [-0.1, -0.05) is 18.5 Å². The zero-order chi connectivity index (χ0) is 19.8. The summed E-state index contributed by atoms with van der Waals surface area (Å²) >= 11 is 7.55. The van der Waals surface area contributed by atoms with Crippen molar-refractivity contribution in [3.05, 3.63) is 17.2 Å². The van der Waals surface area contributed by atoms with Gasteiger partial charge in [-0.05, 0) is 19.4 Å². The van der Waals surface area contributed by atoms with Crippen LogP contribution in [0.1, 0.15) is 20.3 Å². The number of anilines is 1. The highest BCUT2D eigenvalue weighted by Crippen LogP contribution is 2.38. The van der Waals surface area contributed by atoms with Crippen LogP contribution in [0.3, 0.4) is 0 Å². The van der Waals surface area contributed by atoms with Gasteiger partial charge < -0.3 is 15.4 Å². The number of fused-ring (bicyclic) bond motifs is 1. The Labute approximate surface area is 167 Å². The summed E-state index contributed by atoms with van der Waals surface area (Å²) in [6, 6.07) is 1.79. The molecule has 8 nitrogen and oxygen atoms in total. The Morgan fingerprint density at radius 2 is 2.26 bits per heavy atom. The molecule has 1 aromatic carbocycles. The van der Waals surface area contributed by atoms with Gasteiger partial charge in [-0.2, -0.15) is 4.31 Å². The normalized spacial score (nSPS) is 21.1. The van der Waals surface area contributed by atoms with E-state index in [9.17, 15) is 18.0 Å². The molecule has 2 heterocycles. The van der Waals surface area contributed by atoms with Crippen molar-refractivity contribution >= 4 is 50.9 Å². The van der Waals surface area contributed by atoms with Crippen LogP contribution in [0, 0.1) is 0 Å². The Bertz CT molecular complexity index is 877. The molecular weight excluding hydrogens is 414 g/mol. The zero-order valence-corrected chi connectivity index (χ0v) is 17.2. The Hall–Kier alpha value is -1.49. The van der Waals surface area contributed by atoms with Crippen molar-refractivity contribution in [2.75, 3.05) is 23.6 Å². The van der Waals surface area contributed by atoms with Crippen LogP contribution in [0.25, 0.3) is 0 Å². The maximum absolute atomic E-state index is 13.2. The molecular formula is C16H20ClN3O5S2. The highest BCUT2D eigenvalue weighted by molar-refractivity contribution is 8.00.